The minimum Gasteiger partial charge on any atom is -0.375 e. The topological polar surface area (TPSA) is 24.5 Å². The van der Waals surface area contributed by atoms with Gasteiger partial charge in [-0.3, -0.25) is 0 Å². The van der Waals surface area contributed by atoms with Crippen LogP contribution in [-0.2, 0) is 4.74 Å². The first-order valence-corrected chi connectivity index (χ1v) is 9.36. The van der Waals surface area contributed by atoms with Crippen molar-refractivity contribution in [2.75, 3.05) is 13.7 Å². The van der Waals surface area contributed by atoms with E-state index in [9.17, 15) is 0 Å². The van der Waals surface area contributed by atoms with Gasteiger partial charge >= 0.3 is 0 Å². The molecule has 0 aromatic rings. The highest BCUT2D eigenvalue weighted by Crippen LogP contribution is 2.40. The van der Waals surface area contributed by atoms with Crippen LogP contribution in [0, 0.1) is 0 Å². The van der Waals surface area contributed by atoms with Gasteiger partial charge in [-0.05, 0) is 58.4 Å². The first-order chi connectivity index (χ1) is 10.2. The summed E-state index contributed by atoms with van der Waals surface area (Å²) in [6.45, 7) is 0.983. The number of rotatable bonds is 2. The third kappa shape index (κ3) is 2.89. The van der Waals surface area contributed by atoms with Gasteiger partial charge in [-0.25, -0.2) is 0 Å². The normalized spacial score (nSPS) is 43.3. The summed E-state index contributed by atoms with van der Waals surface area (Å²) in [7, 11) is 2.35. The Bertz CT molecular complexity index is 352. The maximum atomic E-state index is 6.19. The van der Waals surface area contributed by atoms with E-state index in [1.807, 2.05) is 0 Å². The summed E-state index contributed by atoms with van der Waals surface area (Å²) in [6.07, 6.45) is 14.9. The lowest BCUT2D eigenvalue weighted by atomic mass is 9.81. The number of ether oxygens (including phenoxy) is 1. The highest BCUT2D eigenvalue weighted by Gasteiger charge is 2.42. The van der Waals surface area contributed by atoms with Crippen molar-refractivity contribution < 1.29 is 4.74 Å². The molecule has 3 heteroatoms. The molecule has 4 rings (SSSR count). The largest absolute Gasteiger partial charge is 0.375 e. The second-order valence-corrected chi connectivity index (χ2v) is 8.17. The van der Waals surface area contributed by atoms with Crippen molar-refractivity contribution in [3.8, 4) is 0 Å². The zero-order chi connectivity index (χ0) is 14.3. The Morgan fingerprint density at radius 2 is 1.67 bits per heavy atom. The van der Waals surface area contributed by atoms with Crippen LogP contribution in [0.15, 0.2) is 0 Å². The van der Waals surface area contributed by atoms with Crippen molar-refractivity contribution in [2.45, 2.75) is 100 Å². The van der Waals surface area contributed by atoms with Gasteiger partial charge in [0, 0.05) is 30.8 Å². The molecule has 0 aromatic carbocycles. The number of fused-ring (bicyclic) bond motifs is 2. The SMILES string of the molecule is CN1C2CCCC1CC(NC1CCOC3(CCCC3)C1)C2. The van der Waals surface area contributed by atoms with Gasteiger partial charge in [0.2, 0.25) is 0 Å². The third-order valence-corrected chi connectivity index (χ3v) is 6.82. The maximum absolute atomic E-state index is 6.19. The maximum Gasteiger partial charge on any atom is 0.0697 e. The number of piperidine rings is 2. The molecule has 2 bridgehead atoms. The molecular weight excluding hydrogens is 260 g/mol. The minimum atomic E-state index is 0.261. The van der Waals surface area contributed by atoms with Gasteiger partial charge in [0.05, 0.1) is 5.60 Å². The Kier molecular flexibility index (Phi) is 4.01. The summed E-state index contributed by atoms with van der Waals surface area (Å²) in [6, 6.07) is 3.16. The van der Waals surface area contributed by atoms with Crippen LogP contribution in [0.4, 0.5) is 0 Å². The van der Waals surface area contributed by atoms with E-state index in [0.717, 1.165) is 24.7 Å². The summed E-state index contributed by atoms with van der Waals surface area (Å²) in [5.41, 5.74) is 0.261. The number of nitrogens with one attached hydrogen (secondary N) is 1. The molecule has 3 saturated heterocycles. The Labute approximate surface area is 129 Å². The molecule has 0 radical (unpaired) electrons. The molecule has 1 N–H and O–H groups in total. The first-order valence-electron chi connectivity index (χ1n) is 9.36. The zero-order valence-electron chi connectivity index (χ0n) is 13.7. The molecule has 3 atom stereocenters. The monoisotopic (exact) mass is 292 g/mol. The second kappa shape index (κ2) is 5.82. The lowest BCUT2D eigenvalue weighted by molar-refractivity contribution is -0.0865. The molecule has 0 amide bonds. The van der Waals surface area contributed by atoms with Gasteiger partial charge in [0.1, 0.15) is 0 Å². The fraction of sp³-hybridized carbons (Fsp3) is 1.00. The van der Waals surface area contributed by atoms with Gasteiger partial charge < -0.3 is 15.0 Å². The van der Waals surface area contributed by atoms with Crippen LogP contribution in [0.2, 0.25) is 0 Å². The van der Waals surface area contributed by atoms with E-state index in [0.29, 0.717) is 6.04 Å². The predicted octanol–water partition coefficient (Wildman–Crippen LogP) is 3.08. The fourth-order valence-corrected chi connectivity index (χ4v) is 5.62. The second-order valence-electron chi connectivity index (χ2n) is 8.17. The van der Waals surface area contributed by atoms with Gasteiger partial charge in [0.15, 0.2) is 0 Å². The van der Waals surface area contributed by atoms with Crippen LogP contribution >= 0.6 is 0 Å². The van der Waals surface area contributed by atoms with E-state index in [1.165, 1.54) is 70.6 Å². The molecule has 4 aliphatic rings. The smallest absolute Gasteiger partial charge is 0.0697 e. The van der Waals surface area contributed by atoms with E-state index in [-0.39, 0.29) is 5.60 Å². The van der Waals surface area contributed by atoms with E-state index < -0.39 is 0 Å². The molecule has 1 spiro atoms. The van der Waals surface area contributed by atoms with Crippen molar-refractivity contribution in [3.63, 3.8) is 0 Å². The van der Waals surface area contributed by atoms with Crippen molar-refractivity contribution in [1.29, 1.82) is 0 Å². The van der Waals surface area contributed by atoms with Crippen LogP contribution in [0.1, 0.15) is 70.6 Å². The summed E-state index contributed by atoms with van der Waals surface area (Å²) >= 11 is 0. The molecule has 3 nitrogen and oxygen atoms in total. The quantitative estimate of drug-likeness (QED) is 0.846. The molecule has 3 unspecified atom stereocenters. The van der Waals surface area contributed by atoms with Crippen LogP contribution in [0.3, 0.4) is 0 Å². The first kappa shape index (κ1) is 14.5. The number of hydrogen-bond acceptors (Lipinski definition) is 3. The molecule has 3 heterocycles. The average Bonchev–Trinajstić information content (AvgIpc) is 2.88. The molecule has 4 fully saturated rings. The van der Waals surface area contributed by atoms with E-state index in [1.54, 1.807) is 0 Å². The van der Waals surface area contributed by atoms with E-state index in [4.69, 9.17) is 4.74 Å². The van der Waals surface area contributed by atoms with Gasteiger partial charge in [-0.1, -0.05) is 19.3 Å². The molecule has 1 saturated carbocycles. The molecule has 3 aliphatic heterocycles. The average molecular weight is 292 g/mol. The number of hydrogen-bond donors (Lipinski definition) is 1. The molecule has 1 aliphatic carbocycles. The molecule has 120 valence electrons. The van der Waals surface area contributed by atoms with Crippen LogP contribution in [0.25, 0.3) is 0 Å². The fourth-order valence-electron chi connectivity index (χ4n) is 5.62. The van der Waals surface area contributed by atoms with Gasteiger partial charge in [0.25, 0.3) is 0 Å². The highest BCUT2D eigenvalue weighted by atomic mass is 16.5. The Morgan fingerprint density at radius 3 is 2.38 bits per heavy atom. The summed E-state index contributed by atoms with van der Waals surface area (Å²) in [5, 5.41) is 4.05. The Hall–Kier alpha value is -0.120. The highest BCUT2D eigenvalue weighted by molar-refractivity contribution is 4.98. The van der Waals surface area contributed by atoms with Crippen molar-refractivity contribution in [1.82, 2.24) is 10.2 Å². The zero-order valence-corrected chi connectivity index (χ0v) is 13.7. The van der Waals surface area contributed by atoms with Crippen molar-refractivity contribution in [3.05, 3.63) is 0 Å². The Morgan fingerprint density at radius 1 is 0.952 bits per heavy atom. The standard InChI is InChI=1S/C18H32N2O/c1-20-16-5-4-6-17(20)12-15(11-16)19-14-7-10-21-18(13-14)8-2-3-9-18/h14-17,19H,2-13H2,1H3. The molecular formula is C18H32N2O. The van der Waals surface area contributed by atoms with Crippen LogP contribution < -0.4 is 5.32 Å². The third-order valence-electron chi connectivity index (χ3n) is 6.82. The van der Waals surface area contributed by atoms with Gasteiger partial charge in [-0.2, -0.15) is 0 Å². The lowest BCUT2D eigenvalue weighted by Gasteiger charge is -2.49. The van der Waals surface area contributed by atoms with Crippen LogP contribution in [0.5, 0.6) is 0 Å². The van der Waals surface area contributed by atoms with Gasteiger partial charge in [-0.15, -0.1) is 0 Å². The van der Waals surface area contributed by atoms with Crippen molar-refractivity contribution in [2.24, 2.45) is 0 Å². The molecule has 21 heavy (non-hydrogen) atoms. The summed E-state index contributed by atoms with van der Waals surface area (Å²) in [4.78, 5) is 2.67. The van der Waals surface area contributed by atoms with E-state index >= 15 is 0 Å². The van der Waals surface area contributed by atoms with E-state index in [2.05, 4.69) is 17.3 Å². The summed E-state index contributed by atoms with van der Waals surface area (Å²) < 4.78 is 6.19. The summed E-state index contributed by atoms with van der Waals surface area (Å²) in [5.74, 6) is 0. The Balaban J connectivity index is 1.35. The minimum absolute atomic E-state index is 0.261. The van der Waals surface area contributed by atoms with Crippen molar-refractivity contribution >= 4 is 0 Å². The molecule has 0 aromatic heterocycles. The number of nitrogens with zero attached hydrogens (tertiary/aromatic N) is 1. The van der Waals surface area contributed by atoms with Crippen LogP contribution in [-0.4, -0.2) is 48.3 Å². The predicted molar refractivity (Wildman–Crippen MR) is 85.5 cm³/mol. The lowest BCUT2D eigenvalue weighted by Crippen LogP contribution is -2.57.